The van der Waals surface area contributed by atoms with Gasteiger partial charge in [0.1, 0.15) is 5.52 Å². The number of methoxy groups -OCH3 is 1. The molecule has 0 unspecified atom stereocenters. The third-order valence-electron chi connectivity index (χ3n) is 5.23. The highest BCUT2D eigenvalue weighted by Gasteiger charge is 2.36. The minimum Gasteiger partial charge on any atom is -0.468 e. The quantitative estimate of drug-likeness (QED) is 0.695. The second-order valence-electron chi connectivity index (χ2n) is 7.20. The topological polar surface area (TPSA) is 89.8 Å². The third-order valence-corrected chi connectivity index (χ3v) is 5.23. The minimum absolute atomic E-state index is 0.0351. The molecule has 0 aromatic carbocycles. The molecule has 0 spiro atoms. The van der Waals surface area contributed by atoms with E-state index in [1.807, 2.05) is 16.5 Å². The van der Waals surface area contributed by atoms with E-state index in [4.69, 9.17) is 9.47 Å². The first-order valence-electron chi connectivity index (χ1n) is 9.00. The summed E-state index contributed by atoms with van der Waals surface area (Å²) in [4.78, 5) is 37.4. The Bertz CT molecular complexity index is 867. The molecule has 2 aliphatic heterocycles. The van der Waals surface area contributed by atoms with Crippen LogP contribution >= 0.6 is 0 Å². The number of ether oxygens (including phenoxy) is 2. The lowest BCUT2D eigenvalue weighted by Gasteiger charge is -2.30. The molecule has 0 radical (unpaired) electrons. The lowest BCUT2D eigenvalue weighted by atomic mass is 10.1. The van der Waals surface area contributed by atoms with Gasteiger partial charge < -0.3 is 18.9 Å². The van der Waals surface area contributed by atoms with Crippen LogP contribution in [-0.2, 0) is 21.3 Å². The second-order valence-corrected chi connectivity index (χ2v) is 7.20. The Hall–Kier alpha value is -2.52. The standard InChI is InChI=1S/C18H23N5O4/c1-21-11-20-15-3-13(4-19-17(15)21)18(25)23-6-12-5-22(8-16(24)26-2)14(7-23)10-27-9-12/h3-4,11-12,14H,5-10H2,1-2H3/t12-,14+/m1/s1. The number of carbonyl (C=O) groups excluding carboxylic acids is 2. The van der Waals surface area contributed by atoms with Crippen molar-refractivity contribution in [1.82, 2.24) is 24.3 Å². The summed E-state index contributed by atoms with van der Waals surface area (Å²) in [5.41, 5.74) is 1.98. The van der Waals surface area contributed by atoms with Crippen molar-refractivity contribution in [2.75, 3.05) is 46.5 Å². The van der Waals surface area contributed by atoms with E-state index in [0.29, 0.717) is 43.9 Å². The van der Waals surface area contributed by atoms with Crippen molar-refractivity contribution < 1.29 is 19.1 Å². The lowest BCUT2D eigenvalue weighted by molar-refractivity contribution is -0.142. The zero-order valence-electron chi connectivity index (χ0n) is 15.5. The smallest absolute Gasteiger partial charge is 0.319 e. The number of nitrogens with zero attached hydrogens (tertiary/aromatic N) is 5. The maximum absolute atomic E-state index is 13.1. The molecule has 0 N–H and O–H groups in total. The largest absolute Gasteiger partial charge is 0.468 e. The molecule has 27 heavy (non-hydrogen) atoms. The molecule has 0 aliphatic carbocycles. The van der Waals surface area contributed by atoms with Crippen LogP contribution in [0.4, 0.5) is 0 Å². The average Bonchev–Trinajstić information content (AvgIpc) is 2.82. The van der Waals surface area contributed by atoms with E-state index < -0.39 is 0 Å². The zero-order valence-corrected chi connectivity index (χ0v) is 15.5. The van der Waals surface area contributed by atoms with Gasteiger partial charge >= 0.3 is 5.97 Å². The number of carbonyl (C=O) groups is 2. The van der Waals surface area contributed by atoms with Gasteiger partial charge in [-0.1, -0.05) is 0 Å². The van der Waals surface area contributed by atoms with Crippen LogP contribution in [0.15, 0.2) is 18.6 Å². The summed E-state index contributed by atoms with van der Waals surface area (Å²) in [6.45, 7) is 3.09. The van der Waals surface area contributed by atoms with Gasteiger partial charge in [0.15, 0.2) is 5.65 Å². The molecule has 2 aliphatic rings. The SMILES string of the molecule is COC(=O)CN1C[C@H]2COC[C@@H]1CN(C(=O)c1cnc3c(c1)ncn3C)C2. The van der Waals surface area contributed by atoms with Gasteiger partial charge in [-0.25, -0.2) is 9.97 Å². The Balaban J connectivity index is 1.56. The summed E-state index contributed by atoms with van der Waals surface area (Å²) in [7, 11) is 3.26. The van der Waals surface area contributed by atoms with Crippen LogP contribution in [0.3, 0.4) is 0 Å². The fourth-order valence-electron chi connectivity index (χ4n) is 3.83. The van der Waals surface area contributed by atoms with Crippen LogP contribution in [0.25, 0.3) is 11.2 Å². The molecule has 2 aromatic heterocycles. The number of pyridine rings is 1. The summed E-state index contributed by atoms with van der Waals surface area (Å²) in [6.07, 6.45) is 3.29. The van der Waals surface area contributed by atoms with Crippen molar-refractivity contribution in [3.63, 3.8) is 0 Å². The number of aryl methyl sites for hydroxylation is 1. The molecule has 9 nitrogen and oxygen atoms in total. The summed E-state index contributed by atoms with van der Waals surface area (Å²) in [6, 6.07) is 1.75. The van der Waals surface area contributed by atoms with Crippen molar-refractivity contribution >= 4 is 23.0 Å². The van der Waals surface area contributed by atoms with Gasteiger partial charge in [-0.15, -0.1) is 0 Å². The molecule has 0 saturated carbocycles. The van der Waals surface area contributed by atoms with E-state index in [2.05, 4.69) is 14.9 Å². The van der Waals surface area contributed by atoms with Crippen LogP contribution in [0.5, 0.6) is 0 Å². The normalized spacial score (nSPS) is 23.3. The van der Waals surface area contributed by atoms with Gasteiger partial charge in [-0.2, -0.15) is 0 Å². The number of amides is 1. The number of rotatable bonds is 3. The Morgan fingerprint density at radius 2 is 2.11 bits per heavy atom. The summed E-state index contributed by atoms with van der Waals surface area (Å²) in [5.74, 6) is -0.185. The van der Waals surface area contributed by atoms with Crippen LogP contribution in [0, 0.1) is 5.92 Å². The number of esters is 1. The Morgan fingerprint density at radius 3 is 2.93 bits per heavy atom. The van der Waals surface area contributed by atoms with Crippen molar-refractivity contribution in [3.8, 4) is 0 Å². The van der Waals surface area contributed by atoms with Gasteiger partial charge in [0.05, 0.1) is 44.8 Å². The van der Waals surface area contributed by atoms with Crippen molar-refractivity contribution in [3.05, 3.63) is 24.2 Å². The first-order valence-corrected chi connectivity index (χ1v) is 9.00. The first-order chi connectivity index (χ1) is 13.0. The monoisotopic (exact) mass is 373 g/mol. The molecule has 1 amide bonds. The molecule has 2 atom stereocenters. The predicted molar refractivity (Wildman–Crippen MR) is 96.1 cm³/mol. The van der Waals surface area contributed by atoms with E-state index in [-0.39, 0.29) is 30.4 Å². The van der Waals surface area contributed by atoms with Gasteiger partial charge in [0.2, 0.25) is 0 Å². The van der Waals surface area contributed by atoms with E-state index in [1.54, 1.807) is 18.6 Å². The van der Waals surface area contributed by atoms with E-state index in [0.717, 1.165) is 5.65 Å². The van der Waals surface area contributed by atoms with Crippen molar-refractivity contribution in [2.24, 2.45) is 13.0 Å². The molecule has 2 fully saturated rings. The third kappa shape index (κ3) is 3.52. The molecular weight excluding hydrogens is 350 g/mol. The minimum atomic E-state index is -0.273. The maximum Gasteiger partial charge on any atom is 0.319 e. The first kappa shape index (κ1) is 17.9. The summed E-state index contributed by atoms with van der Waals surface area (Å²) >= 11 is 0. The van der Waals surface area contributed by atoms with Crippen molar-refractivity contribution in [1.29, 1.82) is 0 Å². The van der Waals surface area contributed by atoms with Crippen LogP contribution in [0.2, 0.25) is 0 Å². The highest BCUT2D eigenvalue weighted by atomic mass is 16.5. The highest BCUT2D eigenvalue weighted by molar-refractivity contribution is 5.96. The molecule has 9 heteroatoms. The number of fused-ring (bicyclic) bond motifs is 4. The fraction of sp³-hybridized carbons (Fsp3) is 0.556. The van der Waals surface area contributed by atoms with Crippen molar-refractivity contribution in [2.45, 2.75) is 6.04 Å². The molecule has 144 valence electrons. The number of hydrogen-bond acceptors (Lipinski definition) is 7. The highest BCUT2D eigenvalue weighted by Crippen LogP contribution is 2.22. The van der Waals surface area contributed by atoms with E-state index in [9.17, 15) is 9.59 Å². The van der Waals surface area contributed by atoms with Crippen LogP contribution in [-0.4, -0.2) is 88.8 Å². The van der Waals surface area contributed by atoms with Crippen LogP contribution in [0.1, 0.15) is 10.4 Å². The predicted octanol–water partition coefficient (Wildman–Crippen LogP) is -0.0859. The Morgan fingerprint density at radius 1 is 1.26 bits per heavy atom. The van der Waals surface area contributed by atoms with E-state index in [1.165, 1.54) is 7.11 Å². The Kier molecular flexibility index (Phi) is 4.79. The van der Waals surface area contributed by atoms with Gasteiger partial charge in [-0.3, -0.25) is 14.5 Å². The zero-order chi connectivity index (χ0) is 19.0. The van der Waals surface area contributed by atoms with Crippen LogP contribution < -0.4 is 0 Å². The number of hydrogen-bond donors (Lipinski definition) is 0. The molecule has 2 saturated heterocycles. The Labute approximate surface area is 156 Å². The lowest BCUT2D eigenvalue weighted by Crippen LogP contribution is -2.47. The second kappa shape index (κ2) is 7.24. The summed E-state index contributed by atoms with van der Waals surface area (Å²) in [5, 5.41) is 0. The van der Waals surface area contributed by atoms with E-state index >= 15 is 0 Å². The number of aromatic nitrogens is 3. The molecular formula is C18H23N5O4. The van der Waals surface area contributed by atoms with Gasteiger partial charge in [0, 0.05) is 38.8 Å². The maximum atomic E-state index is 13.1. The fourth-order valence-corrected chi connectivity index (χ4v) is 3.83. The molecule has 4 heterocycles. The number of imidazole rings is 1. The van der Waals surface area contributed by atoms with Gasteiger partial charge in [-0.05, 0) is 6.07 Å². The molecule has 2 aromatic rings. The average molecular weight is 373 g/mol. The molecule has 2 bridgehead atoms. The summed E-state index contributed by atoms with van der Waals surface area (Å²) < 4.78 is 12.4. The molecule has 4 rings (SSSR count). The van der Waals surface area contributed by atoms with Gasteiger partial charge in [0.25, 0.3) is 5.91 Å².